The van der Waals surface area contributed by atoms with E-state index in [4.69, 9.17) is 0 Å². The van der Waals surface area contributed by atoms with Gasteiger partial charge in [-0.15, -0.1) is 0 Å². The third kappa shape index (κ3) is 7.29. The van der Waals surface area contributed by atoms with E-state index < -0.39 is 0 Å². The van der Waals surface area contributed by atoms with Gasteiger partial charge in [0.2, 0.25) is 0 Å². The minimum absolute atomic E-state index is 0.199. The maximum atomic E-state index is 11.1. The van der Waals surface area contributed by atoms with Crippen molar-refractivity contribution in [2.24, 2.45) is 5.92 Å². The summed E-state index contributed by atoms with van der Waals surface area (Å²) in [6.45, 7) is 1.64. The van der Waals surface area contributed by atoms with E-state index in [1.807, 2.05) is 18.5 Å². The van der Waals surface area contributed by atoms with Crippen LogP contribution in [0.1, 0.15) is 30.9 Å². The summed E-state index contributed by atoms with van der Waals surface area (Å²) in [5, 5.41) is 0.199. The zero-order chi connectivity index (χ0) is 16.3. The molecule has 120 valence electrons. The number of aromatic nitrogens is 1. The van der Waals surface area contributed by atoms with Crippen LogP contribution in [0.4, 0.5) is 0 Å². The third-order valence-corrected chi connectivity index (χ3v) is 4.55. The first-order valence-corrected chi connectivity index (χ1v) is 8.98. The number of benzene rings is 1. The zero-order valence-corrected chi connectivity index (χ0v) is 14.3. The topological polar surface area (TPSA) is 30.0 Å². The van der Waals surface area contributed by atoms with Crippen LogP contribution in [0.25, 0.3) is 6.08 Å². The fourth-order valence-corrected chi connectivity index (χ4v) is 3.11. The normalized spacial score (nSPS) is 12.4. The molecule has 2 nitrogen and oxygen atoms in total. The van der Waals surface area contributed by atoms with Gasteiger partial charge in [-0.3, -0.25) is 9.78 Å². The molecule has 0 saturated heterocycles. The predicted molar refractivity (Wildman–Crippen MR) is 99.3 cm³/mol. The van der Waals surface area contributed by atoms with Gasteiger partial charge in [0.25, 0.3) is 0 Å². The van der Waals surface area contributed by atoms with Gasteiger partial charge in [-0.25, -0.2) is 0 Å². The first kappa shape index (κ1) is 17.5. The molecule has 2 rings (SSSR count). The Labute approximate surface area is 143 Å². The van der Waals surface area contributed by atoms with Crippen molar-refractivity contribution in [3.8, 4) is 0 Å². The number of hydrogen-bond acceptors (Lipinski definition) is 3. The highest BCUT2D eigenvalue weighted by atomic mass is 32.2. The van der Waals surface area contributed by atoms with Crippen LogP contribution in [0.5, 0.6) is 0 Å². The molecule has 0 saturated carbocycles. The van der Waals surface area contributed by atoms with Gasteiger partial charge in [0.15, 0.2) is 5.12 Å². The number of pyridine rings is 1. The van der Waals surface area contributed by atoms with Crippen LogP contribution in [0.2, 0.25) is 0 Å². The van der Waals surface area contributed by atoms with Gasteiger partial charge < -0.3 is 0 Å². The Balaban J connectivity index is 1.93. The van der Waals surface area contributed by atoms with Gasteiger partial charge in [0.1, 0.15) is 0 Å². The first-order chi connectivity index (χ1) is 11.2. The molecule has 23 heavy (non-hydrogen) atoms. The standard InChI is InChI=1S/C20H23NOS/c1-17(22)23-16-13-19(8-7-18-5-3-2-4-6-18)9-10-20-11-14-21-15-12-20/h2-8,11-12,14-15,19H,9-10,13,16H2,1H3. The monoisotopic (exact) mass is 325 g/mol. The lowest BCUT2D eigenvalue weighted by Crippen LogP contribution is -2.02. The maximum absolute atomic E-state index is 11.1. The molecule has 1 unspecified atom stereocenters. The van der Waals surface area contributed by atoms with Gasteiger partial charge >= 0.3 is 0 Å². The van der Waals surface area contributed by atoms with Crippen molar-refractivity contribution < 1.29 is 4.79 Å². The molecule has 0 bridgehead atoms. The highest BCUT2D eigenvalue weighted by Crippen LogP contribution is 2.19. The molecule has 1 aromatic heterocycles. The third-order valence-electron chi connectivity index (χ3n) is 3.71. The Morgan fingerprint density at radius 1 is 1.13 bits per heavy atom. The van der Waals surface area contributed by atoms with E-state index in [1.54, 1.807) is 6.92 Å². The Bertz CT molecular complexity index is 610. The van der Waals surface area contributed by atoms with E-state index in [0.29, 0.717) is 5.92 Å². The second-order valence-corrected chi connectivity index (χ2v) is 6.82. The number of hydrogen-bond donors (Lipinski definition) is 0. The molecule has 2 aromatic rings. The summed E-state index contributed by atoms with van der Waals surface area (Å²) in [5.74, 6) is 1.37. The molecular formula is C20H23NOS. The summed E-state index contributed by atoms with van der Waals surface area (Å²) in [6, 6.07) is 14.5. The van der Waals surface area contributed by atoms with E-state index in [-0.39, 0.29) is 5.12 Å². The molecule has 1 atom stereocenters. The highest BCUT2D eigenvalue weighted by molar-refractivity contribution is 8.13. The van der Waals surface area contributed by atoms with Crippen LogP contribution in [-0.2, 0) is 11.2 Å². The molecule has 0 aliphatic heterocycles. The number of nitrogens with zero attached hydrogens (tertiary/aromatic N) is 1. The van der Waals surface area contributed by atoms with Crippen molar-refractivity contribution in [3.05, 3.63) is 72.1 Å². The zero-order valence-electron chi connectivity index (χ0n) is 13.5. The van der Waals surface area contributed by atoms with Gasteiger partial charge in [-0.1, -0.05) is 54.2 Å². The summed E-state index contributed by atoms with van der Waals surface area (Å²) in [6.07, 6.45) is 11.3. The summed E-state index contributed by atoms with van der Waals surface area (Å²) in [4.78, 5) is 15.2. The second kappa shape index (κ2) is 10.0. The van der Waals surface area contributed by atoms with Crippen molar-refractivity contribution in [2.45, 2.75) is 26.2 Å². The SMILES string of the molecule is CC(=O)SCCC(C=Cc1ccccc1)CCc1ccncc1. The highest BCUT2D eigenvalue weighted by Gasteiger charge is 2.07. The quantitative estimate of drug-likeness (QED) is 0.683. The van der Waals surface area contributed by atoms with Crippen LogP contribution >= 0.6 is 11.8 Å². The molecule has 0 fully saturated rings. The van der Waals surface area contributed by atoms with E-state index >= 15 is 0 Å². The Kier molecular flexibility index (Phi) is 7.61. The molecule has 0 amide bonds. The van der Waals surface area contributed by atoms with Gasteiger partial charge in [-0.05, 0) is 48.4 Å². The Morgan fingerprint density at radius 2 is 1.87 bits per heavy atom. The van der Waals surface area contributed by atoms with Crippen LogP contribution in [0, 0.1) is 5.92 Å². The van der Waals surface area contributed by atoms with Crippen LogP contribution < -0.4 is 0 Å². The molecule has 0 N–H and O–H groups in total. The average molecular weight is 325 g/mol. The first-order valence-electron chi connectivity index (χ1n) is 7.99. The number of thioether (sulfide) groups is 1. The van der Waals surface area contributed by atoms with Crippen molar-refractivity contribution >= 4 is 23.0 Å². The fourth-order valence-electron chi connectivity index (χ4n) is 2.40. The minimum atomic E-state index is 0.199. The number of carbonyl (C=O) groups excluding carboxylic acids is 1. The maximum Gasteiger partial charge on any atom is 0.185 e. The molecule has 1 heterocycles. The lowest BCUT2D eigenvalue weighted by Gasteiger charge is -2.12. The lowest BCUT2D eigenvalue weighted by atomic mass is 9.96. The number of carbonyl (C=O) groups is 1. The van der Waals surface area contributed by atoms with Gasteiger partial charge in [0, 0.05) is 25.1 Å². The lowest BCUT2D eigenvalue weighted by molar-refractivity contribution is -0.109. The Hall–Kier alpha value is -1.87. The summed E-state index contributed by atoms with van der Waals surface area (Å²) < 4.78 is 0. The van der Waals surface area contributed by atoms with E-state index in [9.17, 15) is 4.79 Å². The Morgan fingerprint density at radius 3 is 2.57 bits per heavy atom. The average Bonchev–Trinajstić information content (AvgIpc) is 2.58. The smallest absolute Gasteiger partial charge is 0.185 e. The van der Waals surface area contributed by atoms with Crippen molar-refractivity contribution in [3.63, 3.8) is 0 Å². The van der Waals surface area contributed by atoms with Gasteiger partial charge in [0.05, 0.1) is 0 Å². The molecule has 3 heteroatoms. The molecule has 0 spiro atoms. The molecule has 0 aliphatic carbocycles. The van der Waals surface area contributed by atoms with Crippen LogP contribution in [-0.4, -0.2) is 15.9 Å². The molecular weight excluding hydrogens is 302 g/mol. The van der Waals surface area contributed by atoms with Crippen molar-refractivity contribution in [1.29, 1.82) is 0 Å². The van der Waals surface area contributed by atoms with Crippen LogP contribution in [0.3, 0.4) is 0 Å². The molecule has 1 aromatic carbocycles. The predicted octanol–water partition coefficient (Wildman–Crippen LogP) is 5.01. The van der Waals surface area contributed by atoms with E-state index in [0.717, 1.165) is 25.0 Å². The second-order valence-electron chi connectivity index (χ2n) is 5.55. The molecule has 0 radical (unpaired) electrons. The van der Waals surface area contributed by atoms with Gasteiger partial charge in [-0.2, -0.15) is 0 Å². The number of rotatable bonds is 8. The summed E-state index contributed by atoms with van der Waals surface area (Å²) >= 11 is 1.42. The molecule has 0 aliphatic rings. The number of aryl methyl sites for hydroxylation is 1. The summed E-state index contributed by atoms with van der Waals surface area (Å²) in [5.41, 5.74) is 2.54. The van der Waals surface area contributed by atoms with Crippen molar-refractivity contribution in [1.82, 2.24) is 4.98 Å². The van der Waals surface area contributed by atoms with Crippen molar-refractivity contribution in [2.75, 3.05) is 5.75 Å². The minimum Gasteiger partial charge on any atom is -0.288 e. The van der Waals surface area contributed by atoms with Crippen LogP contribution in [0.15, 0.2) is 60.9 Å². The van der Waals surface area contributed by atoms with E-state index in [1.165, 1.54) is 22.9 Å². The largest absolute Gasteiger partial charge is 0.288 e. The van der Waals surface area contributed by atoms with E-state index in [2.05, 4.69) is 53.5 Å². The fraction of sp³-hybridized carbons (Fsp3) is 0.300. The number of allylic oxidation sites excluding steroid dienone is 1. The summed E-state index contributed by atoms with van der Waals surface area (Å²) in [7, 11) is 0.